The van der Waals surface area contributed by atoms with Crippen molar-refractivity contribution in [1.82, 2.24) is 0 Å². The number of hydrogen-bond donors (Lipinski definition) is 1. The molecular formula is C20H19NO3. The molecule has 0 spiro atoms. The molecule has 4 nitrogen and oxygen atoms in total. The van der Waals surface area contributed by atoms with Gasteiger partial charge in [0, 0.05) is 5.56 Å². The molecule has 0 unspecified atom stereocenters. The SMILES string of the molecule is C=CCc1cc(/C=C(\C#N)c2ccc(OC)cc2)cc(OC)c1O. The maximum absolute atomic E-state index is 10.1. The molecule has 0 aliphatic heterocycles. The molecule has 0 heterocycles. The van der Waals surface area contributed by atoms with Crippen LogP contribution in [-0.2, 0) is 6.42 Å². The first kappa shape index (κ1) is 17.2. The monoisotopic (exact) mass is 321 g/mol. The Morgan fingerprint density at radius 2 is 1.92 bits per heavy atom. The van der Waals surface area contributed by atoms with Crippen molar-refractivity contribution in [3.8, 4) is 23.3 Å². The van der Waals surface area contributed by atoms with Gasteiger partial charge in [-0.2, -0.15) is 5.26 Å². The fraction of sp³-hybridized carbons (Fsp3) is 0.150. The van der Waals surface area contributed by atoms with Crippen molar-refractivity contribution in [2.45, 2.75) is 6.42 Å². The number of allylic oxidation sites excluding steroid dienone is 2. The van der Waals surface area contributed by atoms with Crippen molar-refractivity contribution in [2.75, 3.05) is 14.2 Å². The number of phenols is 1. The zero-order valence-electron chi connectivity index (χ0n) is 13.7. The van der Waals surface area contributed by atoms with Gasteiger partial charge in [-0.1, -0.05) is 6.08 Å². The highest BCUT2D eigenvalue weighted by molar-refractivity contribution is 5.90. The summed E-state index contributed by atoms with van der Waals surface area (Å²) in [5.74, 6) is 1.20. The van der Waals surface area contributed by atoms with Gasteiger partial charge in [0.2, 0.25) is 0 Å². The van der Waals surface area contributed by atoms with Gasteiger partial charge in [-0.25, -0.2) is 0 Å². The van der Waals surface area contributed by atoms with E-state index in [1.165, 1.54) is 7.11 Å². The number of aromatic hydroxyl groups is 1. The Bertz CT molecular complexity index is 799. The summed E-state index contributed by atoms with van der Waals surface area (Å²) in [6.07, 6.45) is 3.97. The third kappa shape index (κ3) is 3.76. The second kappa shape index (κ2) is 7.89. The van der Waals surface area contributed by atoms with Crippen LogP contribution in [0.25, 0.3) is 11.6 Å². The third-order valence-corrected chi connectivity index (χ3v) is 3.59. The minimum atomic E-state index is 0.0949. The molecular weight excluding hydrogens is 302 g/mol. The van der Waals surface area contributed by atoms with Crippen LogP contribution in [0, 0.1) is 11.3 Å². The van der Waals surface area contributed by atoms with E-state index < -0.39 is 0 Å². The van der Waals surface area contributed by atoms with Crippen LogP contribution in [0.1, 0.15) is 16.7 Å². The van der Waals surface area contributed by atoms with E-state index in [-0.39, 0.29) is 5.75 Å². The van der Waals surface area contributed by atoms with E-state index in [1.807, 2.05) is 18.2 Å². The average Bonchev–Trinajstić information content (AvgIpc) is 2.62. The third-order valence-electron chi connectivity index (χ3n) is 3.59. The van der Waals surface area contributed by atoms with Gasteiger partial charge in [-0.15, -0.1) is 6.58 Å². The number of ether oxygens (including phenoxy) is 2. The van der Waals surface area contributed by atoms with E-state index in [0.717, 1.165) is 16.9 Å². The Balaban J connectivity index is 2.48. The highest BCUT2D eigenvalue weighted by Gasteiger charge is 2.10. The summed E-state index contributed by atoms with van der Waals surface area (Å²) in [7, 11) is 3.09. The number of rotatable bonds is 6. The highest BCUT2D eigenvalue weighted by atomic mass is 16.5. The van der Waals surface area contributed by atoms with Crippen LogP contribution in [-0.4, -0.2) is 19.3 Å². The van der Waals surface area contributed by atoms with Crippen LogP contribution >= 0.6 is 0 Å². The Kier molecular flexibility index (Phi) is 5.64. The van der Waals surface area contributed by atoms with Crippen molar-refractivity contribution in [1.29, 1.82) is 5.26 Å². The summed E-state index contributed by atoms with van der Waals surface area (Å²) >= 11 is 0. The molecule has 4 heteroatoms. The Morgan fingerprint density at radius 3 is 2.46 bits per heavy atom. The van der Waals surface area contributed by atoms with Gasteiger partial charge in [-0.3, -0.25) is 0 Å². The fourth-order valence-electron chi connectivity index (χ4n) is 2.36. The number of hydrogen-bond acceptors (Lipinski definition) is 4. The summed E-state index contributed by atoms with van der Waals surface area (Å²) in [6.45, 7) is 3.69. The second-order valence-electron chi connectivity index (χ2n) is 5.12. The largest absolute Gasteiger partial charge is 0.504 e. The van der Waals surface area contributed by atoms with Gasteiger partial charge in [0.15, 0.2) is 11.5 Å². The van der Waals surface area contributed by atoms with E-state index in [1.54, 1.807) is 37.5 Å². The first-order valence-electron chi connectivity index (χ1n) is 7.40. The zero-order valence-corrected chi connectivity index (χ0v) is 13.7. The molecule has 122 valence electrons. The summed E-state index contributed by atoms with van der Waals surface area (Å²) in [4.78, 5) is 0. The van der Waals surface area contributed by atoms with Crippen molar-refractivity contribution in [3.63, 3.8) is 0 Å². The van der Waals surface area contributed by atoms with Crippen molar-refractivity contribution >= 4 is 11.6 Å². The molecule has 2 aromatic rings. The highest BCUT2D eigenvalue weighted by Crippen LogP contribution is 2.33. The fourth-order valence-corrected chi connectivity index (χ4v) is 2.36. The van der Waals surface area contributed by atoms with Gasteiger partial charge < -0.3 is 14.6 Å². The number of benzene rings is 2. The first-order valence-corrected chi connectivity index (χ1v) is 7.40. The van der Waals surface area contributed by atoms with Gasteiger partial charge in [-0.05, 0) is 60.0 Å². The lowest BCUT2D eigenvalue weighted by molar-refractivity contribution is 0.371. The minimum Gasteiger partial charge on any atom is -0.504 e. The van der Waals surface area contributed by atoms with Crippen LogP contribution in [0.4, 0.5) is 0 Å². The zero-order chi connectivity index (χ0) is 17.5. The van der Waals surface area contributed by atoms with E-state index in [9.17, 15) is 10.4 Å². The van der Waals surface area contributed by atoms with Gasteiger partial charge in [0.25, 0.3) is 0 Å². The number of methoxy groups -OCH3 is 2. The van der Waals surface area contributed by atoms with E-state index >= 15 is 0 Å². The molecule has 24 heavy (non-hydrogen) atoms. The smallest absolute Gasteiger partial charge is 0.161 e. The molecule has 0 saturated carbocycles. The molecule has 0 atom stereocenters. The summed E-state index contributed by atoms with van der Waals surface area (Å²) in [6, 6.07) is 13.0. The molecule has 2 rings (SSSR count). The number of nitrogens with zero attached hydrogens (tertiary/aromatic N) is 1. The van der Waals surface area contributed by atoms with Crippen LogP contribution in [0.5, 0.6) is 17.2 Å². The maximum Gasteiger partial charge on any atom is 0.161 e. The number of nitriles is 1. The molecule has 0 aliphatic rings. The Hall–Kier alpha value is -3.19. The van der Waals surface area contributed by atoms with Crippen LogP contribution in [0.15, 0.2) is 49.1 Å². The summed E-state index contributed by atoms with van der Waals surface area (Å²) in [5.41, 5.74) is 2.77. The molecule has 0 aromatic heterocycles. The quantitative estimate of drug-likeness (QED) is 0.492. The standard InChI is InChI=1S/C20H19NO3/c1-4-5-16-10-14(12-19(24-3)20(16)22)11-17(13-21)15-6-8-18(23-2)9-7-15/h4,6-12,22H,1,5H2,2-3H3/b17-11+. The topological polar surface area (TPSA) is 62.5 Å². The molecule has 2 aromatic carbocycles. The lowest BCUT2D eigenvalue weighted by atomic mass is 10.0. The van der Waals surface area contributed by atoms with Crippen LogP contribution in [0.2, 0.25) is 0 Å². The van der Waals surface area contributed by atoms with E-state index in [2.05, 4.69) is 12.6 Å². The normalized spacial score (nSPS) is 10.8. The van der Waals surface area contributed by atoms with Crippen LogP contribution in [0.3, 0.4) is 0 Å². The molecule has 0 bridgehead atoms. The molecule has 0 amide bonds. The average molecular weight is 321 g/mol. The van der Waals surface area contributed by atoms with E-state index in [0.29, 0.717) is 23.3 Å². The van der Waals surface area contributed by atoms with Crippen molar-refractivity contribution in [2.24, 2.45) is 0 Å². The predicted molar refractivity (Wildman–Crippen MR) is 95.0 cm³/mol. The van der Waals surface area contributed by atoms with Gasteiger partial charge >= 0.3 is 0 Å². The second-order valence-corrected chi connectivity index (χ2v) is 5.12. The Labute approximate surface area is 141 Å². The first-order chi connectivity index (χ1) is 11.6. The molecule has 0 fully saturated rings. The van der Waals surface area contributed by atoms with Crippen LogP contribution < -0.4 is 9.47 Å². The molecule has 0 radical (unpaired) electrons. The van der Waals surface area contributed by atoms with Crippen molar-refractivity contribution < 1.29 is 14.6 Å². The van der Waals surface area contributed by atoms with Crippen molar-refractivity contribution in [3.05, 3.63) is 65.7 Å². The minimum absolute atomic E-state index is 0.0949. The molecule has 0 saturated heterocycles. The lowest BCUT2D eigenvalue weighted by Gasteiger charge is -2.10. The lowest BCUT2D eigenvalue weighted by Crippen LogP contribution is -1.91. The summed E-state index contributed by atoms with van der Waals surface area (Å²) in [5, 5.41) is 19.6. The summed E-state index contributed by atoms with van der Waals surface area (Å²) < 4.78 is 10.3. The van der Waals surface area contributed by atoms with E-state index in [4.69, 9.17) is 9.47 Å². The maximum atomic E-state index is 10.1. The van der Waals surface area contributed by atoms with Gasteiger partial charge in [0.1, 0.15) is 5.75 Å². The molecule has 0 aliphatic carbocycles. The Morgan fingerprint density at radius 1 is 1.21 bits per heavy atom. The molecule has 1 N–H and O–H groups in total. The number of phenolic OH excluding ortho intramolecular Hbond substituents is 1. The van der Waals surface area contributed by atoms with Gasteiger partial charge in [0.05, 0.1) is 25.9 Å². The predicted octanol–water partition coefficient (Wildman–Crippen LogP) is 4.20.